The molecule has 0 aliphatic heterocycles. The van der Waals surface area contributed by atoms with Gasteiger partial charge in [-0.1, -0.05) is 38.0 Å². The van der Waals surface area contributed by atoms with Crippen molar-refractivity contribution in [2.24, 2.45) is 5.92 Å². The van der Waals surface area contributed by atoms with E-state index in [1.807, 2.05) is 0 Å². The molecule has 0 unspecified atom stereocenters. The van der Waals surface area contributed by atoms with Crippen LogP contribution in [0.2, 0.25) is 0 Å². The quantitative estimate of drug-likeness (QED) is 0.809. The minimum Gasteiger partial charge on any atom is -0.360 e. The van der Waals surface area contributed by atoms with E-state index in [2.05, 4.69) is 45.3 Å². The van der Waals surface area contributed by atoms with E-state index in [1.54, 1.807) is 0 Å². The lowest BCUT2D eigenvalue weighted by atomic mass is 10.1. The Kier molecular flexibility index (Phi) is 5.40. The highest BCUT2D eigenvalue weighted by Crippen LogP contribution is 2.19. The van der Waals surface area contributed by atoms with Crippen LogP contribution in [0.3, 0.4) is 0 Å². The van der Waals surface area contributed by atoms with Gasteiger partial charge in [0.15, 0.2) is 3.92 Å². The van der Waals surface area contributed by atoms with Crippen molar-refractivity contribution in [3.63, 3.8) is 0 Å². The number of aromatic nitrogens is 2. The highest BCUT2D eigenvalue weighted by molar-refractivity contribution is 9.11. The molecule has 3 nitrogen and oxygen atoms in total. The van der Waals surface area contributed by atoms with Gasteiger partial charge in [-0.05, 0) is 28.3 Å². The molecule has 0 aromatic carbocycles. The Morgan fingerprint density at radius 3 is 2.71 bits per heavy atom. The van der Waals surface area contributed by atoms with Crippen molar-refractivity contribution in [3.8, 4) is 0 Å². The van der Waals surface area contributed by atoms with Crippen LogP contribution in [-0.2, 0) is 0 Å². The van der Waals surface area contributed by atoms with Crippen LogP contribution in [0.4, 0.5) is 5.13 Å². The molecule has 0 aliphatic carbocycles. The summed E-state index contributed by atoms with van der Waals surface area (Å²) in [5, 5.41) is 12.0. The molecule has 5 heteroatoms. The van der Waals surface area contributed by atoms with E-state index in [0.29, 0.717) is 0 Å². The predicted octanol–water partition coefficient (Wildman–Crippen LogP) is 3.54. The van der Waals surface area contributed by atoms with Crippen LogP contribution < -0.4 is 5.32 Å². The minimum atomic E-state index is 0.811. The molecule has 14 heavy (non-hydrogen) atoms. The molecule has 1 heterocycles. The molecule has 0 spiro atoms. The van der Waals surface area contributed by atoms with Crippen LogP contribution in [0.5, 0.6) is 0 Å². The second-order valence-electron chi connectivity index (χ2n) is 3.68. The lowest BCUT2D eigenvalue weighted by molar-refractivity contribution is 0.544. The number of hydrogen-bond acceptors (Lipinski definition) is 4. The Morgan fingerprint density at radius 1 is 1.36 bits per heavy atom. The SMILES string of the molecule is CC(C)CCCCNc1nnc(Br)s1. The van der Waals surface area contributed by atoms with Crippen molar-refractivity contribution < 1.29 is 0 Å². The van der Waals surface area contributed by atoms with Crippen molar-refractivity contribution in [1.82, 2.24) is 10.2 Å². The van der Waals surface area contributed by atoms with Crippen molar-refractivity contribution in [1.29, 1.82) is 0 Å². The van der Waals surface area contributed by atoms with Crippen LogP contribution in [0.25, 0.3) is 0 Å². The third kappa shape index (κ3) is 4.91. The second kappa shape index (κ2) is 6.35. The van der Waals surface area contributed by atoms with E-state index >= 15 is 0 Å². The number of rotatable bonds is 6. The molecule has 0 atom stereocenters. The summed E-state index contributed by atoms with van der Waals surface area (Å²) in [6, 6.07) is 0. The molecule has 80 valence electrons. The molecule has 0 saturated heterocycles. The number of nitrogens with one attached hydrogen (secondary N) is 1. The fraction of sp³-hybridized carbons (Fsp3) is 0.778. The first-order valence-electron chi connectivity index (χ1n) is 4.91. The summed E-state index contributed by atoms with van der Waals surface area (Å²) in [4.78, 5) is 0. The Balaban J connectivity index is 2.04. The van der Waals surface area contributed by atoms with Gasteiger partial charge in [-0.15, -0.1) is 10.2 Å². The predicted molar refractivity (Wildman–Crippen MR) is 64.8 cm³/mol. The monoisotopic (exact) mass is 277 g/mol. The zero-order valence-corrected chi connectivity index (χ0v) is 11.0. The van der Waals surface area contributed by atoms with Crippen LogP contribution in [0.1, 0.15) is 33.1 Å². The van der Waals surface area contributed by atoms with Gasteiger partial charge in [0.25, 0.3) is 0 Å². The first kappa shape index (κ1) is 11.9. The number of halogens is 1. The van der Waals surface area contributed by atoms with Crippen molar-refractivity contribution >= 4 is 32.4 Å². The van der Waals surface area contributed by atoms with E-state index in [9.17, 15) is 0 Å². The second-order valence-corrected chi connectivity index (χ2v) is 5.93. The molecule has 0 saturated carbocycles. The van der Waals surface area contributed by atoms with Crippen molar-refractivity contribution in [2.45, 2.75) is 33.1 Å². The first-order valence-corrected chi connectivity index (χ1v) is 6.52. The largest absolute Gasteiger partial charge is 0.360 e. The summed E-state index contributed by atoms with van der Waals surface area (Å²) in [6.45, 7) is 5.51. The summed E-state index contributed by atoms with van der Waals surface area (Å²) in [7, 11) is 0. The van der Waals surface area contributed by atoms with Gasteiger partial charge in [-0.2, -0.15) is 0 Å². The smallest absolute Gasteiger partial charge is 0.206 e. The van der Waals surface area contributed by atoms with E-state index < -0.39 is 0 Å². The molecule has 0 aliphatic rings. The Hall–Kier alpha value is -0.160. The lowest BCUT2D eigenvalue weighted by Crippen LogP contribution is -2.01. The third-order valence-electron chi connectivity index (χ3n) is 1.88. The number of unbranched alkanes of at least 4 members (excludes halogenated alkanes) is 1. The van der Waals surface area contributed by atoms with Gasteiger partial charge in [0.05, 0.1) is 0 Å². The number of hydrogen-bond donors (Lipinski definition) is 1. The highest BCUT2D eigenvalue weighted by atomic mass is 79.9. The van der Waals surface area contributed by atoms with Gasteiger partial charge in [-0.25, -0.2) is 0 Å². The molecule has 0 radical (unpaired) electrons. The third-order valence-corrected chi connectivity index (χ3v) is 3.20. The Labute approximate surface area is 97.5 Å². The minimum absolute atomic E-state index is 0.811. The Morgan fingerprint density at radius 2 is 2.14 bits per heavy atom. The van der Waals surface area contributed by atoms with Crippen LogP contribution in [0.15, 0.2) is 3.92 Å². The Bertz CT molecular complexity index is 262. The highest BCUT2D eigenvalue weighted by Gasteiger charge is 1.99. The zero-order chi connectivity index (χ0) is 10.4. The molecule has 1 rings (SSSR count). The zero-order valence-electron chi connectivity index (χ0n) is 8.59. The number of nitrogens with zero attached hydrogens (tertiary/aromatic N) is 2. The summed E-state index contributed by atoms with van der Waals surface area (Å²) in [6.07, 6.45) is 3.79. The van der Waals surface area contributed by atoms with Gasteiger partial charge < -0.3 is 5.32 Å². The normalized spacial score (nSPS) is 10.9. The molecular weight excluding hydrogens is 262 g/mol. The van der Waals surface area contributed by atoms with Gasteiger partial charge in [0.1, 0.15) is 0 Å². The number of anilines is 1. The summed E-state index contributed by atoms with van der Waals surface area (Å²) in [5.41, 5.74) is 0. The van der Waals surface area contributed by atoms with E-state index in [0.717, 1.165) is 21.5 Å². The van der Waals surface area contributed by atoms with Crippen molar-refractivity contribution in [2.75, 3.05) is 11.9 Å². The maximum absolute atomic E-state index is 3.96. The lowest BCUT2D eigenvalue weighted by Gasteiger charge is -2.04. The maximum Gasteiger partial charge on any atom is 0.206 e. The fourth-order valence-corrected chi connectivity index (χ4v) is 2.19. The fourth-order valence-electron chi connectivity index (χ4n) is 1.15. The summed E-state index contributed by atoms with van der Waals surface area (Å²) < 4.78 is 0.835. The topological polar surface area (TPSA) is 37.8 Å². The average Bonchev–Trinajstić information content (AvgIpc) is 2.50. The molecule has 0 fully saturated rings. The molecule has 0 bridgehead atoms. The van der Waals surface area contributed by atoms with E-state index in [-0.39, 0.29) is 0 Å². The summed E-state index contributed by atoms with van der Waals surface area (Å²) in [5.74, 6) is 0.811. The molecule has 1 N–H and O–H groups in total. The van der Waals surface area contributed by atoms with Gasteiger partial charge in [-0.3, -0.25) is 0 Å². The van der Waals surface area contributed by atoms with Crippen molar-refractivity contribution in [3.05, 3.63) is 3.92 Å². The van der Waals surface area contributed by atoms with Gasteiger partial charge in [0.2, 0.25) is 5.13 Å². The molecule has 0 amide bonds. The molecular formula is C9H16BrN3S. The van der Waals surface area contributed by atoms with Crippen LogP contribution >= 0.6 is 27.3 Å². The van der Waals surface area contributed by atoms with Crippen LogP contribution in [-0.4, -0.2) is 16.7 Å². The van der Waals surface area contributed by atoms with Crippen LogP contribution in [0, 0.1) is 5.92 Å². The first-order chi connectivity index (χ1) is 6.68. The molecule has 1 aromatic heterocycles. The standard InChI is InChI=1S/C9H16BrN3S/c1-7(2)5-3-4-6-11-9-13-12-8(10)14-9/h7H,3-6H2,1-2H3,(H,11,13). The maximum atomic E-state index is 3.96. The molecule has 1 aromatic rings. The summed E-state index contributed by atoms with van der Waals surface area (Å²) >= 11 is 4.81. The van der Waals surface area contributed by atoms with Gasteiger partial charge >= 0.3 is 0 Å². The van der Waals surface area contributed by atoms with Gasteiger partial charge in [0, 0.05) is 6.54 Å². The average molecular weight is 278 g/mol. The van der Waals surface area contributed by atoms with E-state index in [4.69, 9.17) is 0 Å². The van der Waals surface area contributed by atoms with E-state index in [1.165, 1.54) is 30.6 Å².